The van der Waals surface area contributed by atoms with E-state index in [1.54, 1.807) is 18.3 Å². The molecule has 4 heteroatoms. The molecular formula is C19H19NO2S. The standard InChI is InChI=1S/C19H19NO2S/c1-14-8-10-17(11-9-14)23(21,22)19-13-20-15(2)12-18(19)16-6-4-3-5-7-16/h3-13,18,20H,1-2H3. The highest BCUT2D eigenvalue weighted by molar-refractivity contribution is 7.95. The second kappa shape index (κ2) is 6.05. The lowest BCUT2D eigenvalue weighted by Gasteiger charge is -2.23. The van der Waals surface area contributed by atoms with Crippen molar-refractivity contribution in [1.29, 1.82) is 0 Å². The molecule has 118 valence electrons. The summed E-state index contributed by atoms with van der Waals surface area (Å²) in [6, 6.07) is 16.7. The maximum Gasteiger partial charge on any atom is 0.205 e. The van der Waals surface area contributed by atoms with Crippen molar-refractivity contribution in [3.63, 3.8) is 0 Å². The average molecular weight is 325 g/mol. The van der Waals surface area contributed by atoms with Crippen LogP contribution < -0.4 is 5.32 Å². The minimum Gasteiger partial charge on any atom is -0.365 e. The largest absolute Gasteiger partial charge is 0.365 e. The van der Waals surface area contributed by atoms with Crippen LogP contribution in [-0.2, 0) is 9.84 Å². The predicted molar refractivity (Wildman–Crippen MR) is 92.5 cm³/mol. The molecule has 23 heavy (non-hydrogen) atoms. The van der Waals surface area contributed by atoms with Crippen LogP contribution in [0.5, 0.6) is 0 Å². The lowest BCUT2D eigenvalue weighted by atomic mass is 9.96. The lowest BCUT2D eigenvalue weighted by Crippen LogP contribution is -2.20. The van der Waals surface area contributed by atoms with Crippen LogP contribution in [0.2, 0.25) is 0 Å². The van der Waals surface area contributed by atoms with Crippen molar-refractivity contribution in [2.24, 2.45) is 0 Å². The number of sulfone groups is 1. The fourth-order valence-corrected chi connectivity index (χ4v) is 4.19. The number of hydrogen-bond acceptors (Lipinski definition) is 3. The van der Waals surface area contributed by atoms with Gasteiger partial charge in [0.15, 0.2) is 0 Å². The quantitative estimate of drug-likeness (QED) is 0.931. The van der Waals surface area contributed by atoms with Crippen molar-refractivity contribution >= 4 is 9.84 Å². The van der Waals surface area contributed by atoms with E-state index < -0.39 is 9.84 Å². The predicted octanol–water partition coefficient (Wildman–Crippen LogP) is 3.90. The van der Waals surface area contributed by atoms with Gasteiger partial charge in [-0.15, -0.1) is 0 Å². The Morgan fingerprint density at radius 1 is 0.913 bits per heavy atom. The molecule has 0 aliphatic carbocycles. The van der Waals surface area contributed by atoms with Crippen LogP contribution >= 0.6 is 0 Å². The molecule has 1 unspecified atom stereocenters. The summed E-state index contributed by atoms with van der Waals surface area (Å²) in [7, 11) is -3.55. The zero-order chi connectivity index (χ0) is 16.4. The fourth-order valence-electron chi connectivity index (χ4n) is 2.67. The molecular weight excluding hydrogens is 306 g/mol. The Morgan fingerprint density at radius 2 is 1.57 bits per heavy atom. The number of dihydropyridines is 1. The Hall–Kier alpha value is -2.33. The minimum absolute atomic E-state index is 0.274. The zero-order valence-electron chi connectivity index (χ0n) is 13.2. The first-order valence-electron chi connectivity index (χ1n) is 7.50. The van der Waals surface area contributed by atoms with Gasteiger partial charge in [0.2, 0.25) is 9.84 Å². The number of benzene rings is 2. The third-order valence-electron chi connectivity index (χ3n) is 3.97. The second-order valence-corrected chi connectivity index (χ2v) is 7.70. The first-order valence-corrected chi connectivity index (χ1v) is 8.98. The van der Waals surface area contributed by atoms with E-state index in [2.05, 4.69) is 5.32 Å². The maximum absolute atomic E-state index is 13.1. The van der Waals surface area contributed by atoms with E-state index in [1.807, 2.05) is 62.4 Å². The summed E-state index contributed by atoms with van der Waals surface area (Å²) in [5.41, 5.74) is 2.95. The third kappa shape index (κ3) is 3.08. The number of allylic oxidation sites excluding steroid dienone is 3. The van der Waals surface area contributed by atoms with Gasteiger partial charge in [0, 0.05) is 17.8 Å². The summed E-state index contributed by atoms with van der Waals surface area (Å²) >= 11 is 0. The summed E-state index contributed by atoms with van der Waals surface area (Å²) in [4.78, 5) is 0.697. The summed E-state index contributed by atoms with van der Waals surface area (Å²) in [5.74, 6) is -0.274. The third-order valence-corrected chi connectivity index (χ3v) is 5.85. The monoisotopic (exact) mass is 325 g/mol. The maximum atomic E-state index is 13.1. The van der Waals surface area contributed by atoms with Crippen LogP contribution in [0.3, 0.4) is 0 Å². The van der Waals surface area contributed by atoms with Gasteiger partial charge in [-0.2, -0.15) is 0 Å². The van der Waals surface area contributed by atoms with Gasteiger partial charge in [0.1, 0.15) is 0 Å². The summed E-state index contributed by atoms with van der Waals surface area (Å²) in [6.07, 6.45) is 3.57. The fraction of sp³-hybridized carbons (Fsp3) is 0.158. The highest BCUT2D eigenvalue weighted by Crippen LogP contribution is 2.35. The van der Waals surface area contributed by atoms with Crippen molar-refractivity contribution in [2.45, 2.75) is 24.7 Å². The normalized spacial score (nSPS) is 17.9. The molecule has 0 radical (unpaired) electrons. The van der Waals surface area contributed by atoms with Crippen molar-refractivity contribution in [2.75, 3.05) is 0 Å². The van der Waals surface area contributed by atoms with E-state index in [4.69, 9.17) is 0 Å². The van der Waals surface area contributed by atoms with Gasteiger partial charge in [0.05, 0.1) is 9.80 Å². The molecule has 3 nitrogen and oxygen atoms in total. The second-order valence-electron chi connectivity index (χ2n) is 5.75. The molecule has 1 heterocycles. The lowest BCUT2D eigenvalue weighted by molar-refractivity contribution is 0.598. The first-order chi connectivity index (χ1) is 11.0. The molecule has 0 bridgehead atoms. The molecule has 1 atom stereocenters. The molecule has 0 saturated heterocycles. The van der Waals surface area contributed by atoms with Gasteiger partial charge in [-0.3, -0.25) is 0 Å². The van der Waals surface area contributed by atoms with Gasteiger partial charge in [-0.05, 0) is 31.5 Å². The smallest absolute Gasteiger partial charge is 0.205 e. The highest BCUT2D eigenvalue weighted by Gasteiger charge is 2.30. The van der Waals surface area contributed by atoms with Crippen molar-refractivity contribution in [3.8, 4) is 0 Å². The van der Waals surface area contributed by atoms with Crippen LogP contribution in [0.15, 0.2) is 82.4 Å². The summed E-state index contributed by atoms with van der Waals surface area (Å²) in [6.45, 7) is 3.87. The van der Waals surface area contributed by atoms with Crippen molar-refractivity contribution in [3.05, 3.63) is 88.6 Å². The molecule has 0 saturated carbocycles. The molecule has 0 spiro atoms. The van der Waals surface area contributed by atoms with E-state index >= 15 is 0 Å². The zero-order valence-corrected chi connectivity index (χ0v) is 14.0. The molecule has 0 fully saturated rings. The van der Waals surface area contributed by atoms with Crippen LogP contribution in [-0.4, -0.2) is 8.42 Å². The SMILES string of the molecule is CC1=CC(c2ccccc2)C(S(=O)(=O)c2ccc(C)cc2)=CN1. The van der Waals surface area contributed by atoms with E-state index in [-0.39, 0.29) is 5.92 Å². The summed E-state index contributed by atoms with van der Waals surface area (Å²) < 4.78 is 26.1. The molecule has 0 aromatic heterocycles. The molecule has 2 aromatic carbocycles. The Kier molecular flexibility index (Phi) is 4.09. The van der Waals surface area contributed by atoms with Gasteiger partial charge >= 0.3 is 0 Å². The number of hydrogen-bond donors (Lipinski definition) is 1. The van der Waals surface area contributed by atoms with E-state index in [9.17, 15) is 8.42 Å². The van der Waals surface area contributed by atoms with Gasteiger partial charge in [-0.25, -0.2) is 8.42 Å². The summed E-state index contributed by atoms with van der Waals surface area (Å²) in [5, 5.41) is 3.04. The number of nitrogens with one attached hydrogen (secondary N) is 1. The first kappa shape index (κ1) is 15.6. The topological polar surface area (TPSA) is 46.2 Å². The van der Waals surface area contributed by atoms with E-state index in [0.29, 0.717) is 9.80 Å². The molecule has 1 aliphatic heterocycles. The van der Waals surface area contributed by atoms with Crippen LogP contribution in [0.1, 0.15) is 24.0 Å². The van der Waals surface area contributed by atoms with E-state index in [0.717, 1.165) is 16.8 Å². The molecule has 1 aliphatic rings. The van der Waals surface area contributed by atoms with Crippen LogP contribution in [0.25, 0.3) is 0 Å². The van der Waals surface area contributed by atoms with E-state index in [1.165, 1.54) is 0 Å². The number of rotatable bonds is 3. The molecule has 2 aromatic rings. The van der Waals surface area contributed by atoms with Gasteiger partial charge in [-0.1, -0.05) is 54.1 Å². The Balaban J connectivity index is 2.08. The van der Waals surface area contributed by atoms with Gasteiger partial charge < -0.3 is 5.32 Å². The van der Waals surface area contributed by atoms with Gasteiger partial charge in [0.25, 0.3) is 0 Å². The Bertz CT molecular complexity index is 863. The van der Waals surface area contributed by atoms with Crippen molar-refractivity contribution in [1.82, 2.24) is 5.32 Å². The number of aryl methyl sites for hydroxylation is 1. The average Bonchev–Trinajstić information content (AvgIpc) is 2.56. The van der Waals surface area contributed by atoms with Crippen LogP contribution in [0.4, 0.5) is 0 Å². The molecule has 0 amide bonds. The Labute approximate surface area is 137 Å². The van der Waals surface area contributed by atoms with Crippen LogP contribution in [0, 0.1) is 6.92 Å². The molecule has 3 rings (SSSR count). The highest BCUT2D eigenvalue weighted by atomic mass is 32.2. The van der Waals surface area contributed by atoms with Crippen molar-refractivity contribution < 1.29 is 8.42 Å². The molecule has 1 N–H and O–H groups in total. The minimum atomic E-state index is -3.55. The Morgan fingerprint density at radius 3 is 2.22 bits per heavy atom.